The number of hydrogen-bond donors (Lipinski definition) is 0. The van der Waals surface area contributed by atoms with E-state index >= 15 is 0 Å². The third-order valence-corrected chi connectivity index (χ3v) is 25.2. The van der Waals surface area contributed by atoms with E-state index in [1.54, 1.807) is 12.1 Å². The van der Waals surface area contributed by atoms with E-state index in [9.17, 15) is 15.8 Å². The lowest BCUT2D eigenvalue weighted by Crippen LogP contribution is -2.04. The van der Waals surface area contributed by atoms with E-state index in [0.717, 1.165) is 188 Å². The minimum atomic E-state index is 0.427. The summed E-state index contributed by atoms with van der Waals surface area (Å²) in [6.07, 6.45) is 0. The van der Waals surface area contributed by atoms with Crippen LogP contribution in [0.3, 0.4) is 0 Å². The Morgan fingerprint density at radius 1 is 0.169 bits per heavy atom. The molecule has 0 aliphatic carbocycles. The van der Waals surface area contributed by atoms with Crippen LogP contribution < -0.4 is 0 Å². The number of rotatable bonds is 15. The summed E-state index contributed by atoms with van der Waals surface area (Å²) in [5.41, 5.74) is 28.0. The summed E-state index contributed by atoms with van der Waals surface area (Å²) in [6, 6.07) is 152. The van der Waals surface area contributed by atoms with Crippen LogP contribution in [0.1, 0.15) is 16.7 Å². The average Bonchev–Trinajstić information content (AvgIpc) is 1.61. The van der Waals surface area contributed by atoms with E-state index in [2.05, 4.69) is 334 Å². The van der Waals surface area contributed by atoms with Gasteiger partial charge in [0.25, 0.3) is 0 Å². The Balaban J connectivity index is 0.660. The minimum absolute atomic E-state index is 0.427. The Kier molecular flexibility index (Phi) is 18.1. The van der Waals surface area contributed by atoms with Crippen molar-refractivity contribution >= 4 is 87.2 Å². The SMILES string of the molecule is N#Cc1ccc(-c2ccc3c(c2)c2ccccc2n3-c2ccc(-c3ccccc3-n3c4ccccc4c4c(-c5ccc(-c6nc(-c7ccccc7)nc(-c7cc(-c8ccccc8-n8c9ccccc9c9ccccc98)ccc7-n7c8ccccc8c8cc(-c9ccc(C#N)cc9C#N)ccc87)n6)cc5)cccc43)cc2-c2nc(-c3ccccc3)nc(-c3ccccc3)n2)cc1. The molecule has 602 valence electrons. The third kappa shape index (κ3) is 12.7. The molecule has 6 aromatic heterocycles. The molecule has 0 amide bonds. The Labute approximate surface area is 746 Å². The first-order valence-electron chi connectivity index (χ1n) is 43.1. The van der Waals surface area contributed by atoms with Gasteiger partial charge in [0.05, 0.1) is 102 Å². The van der Waals surface area contributed by atoms with Gasteiger partial charge in [-0.25, -0.2) is 29.9 Å². The van der Waals surface area contributed by atoms with Crippen LogP contribution in [-0.2, 0) is 0 Å². The summed E-state index contributed by atoms with van der Waals surface area (Å²) in [4.78, 5) is 32.8. The molecule has 0 aliphatic rings. The molecular formula is C117H69N13. The van der Waals surface area contributed by atoms with Crippen molar-refractivity contribution in [3.05, 3.63) is 435 Å². The molecule has 13 nitrogen and oxygen atoms in total. The number of benzene rings is 18. The summed E-state index contributed by atoms with van der Waals surface area (Å²) in [5, 5.41) is 38.8. The second-order valence-electron chi connectivity index (χ2n) is 32.6. The van der Waals surface area contributed by atoms with Crippen molar-refractivity contribution in [1.82, 2.24) is 48.2 Å². The fraction of sp³-hybridized carbons (Fsp3) is 0. The molecule has 130 heavy (non-hydrogen) atoms. The monoisotopic (exact) mass is 1660 g/mol. The number of fused-ring (bicyclic) bond motifs is 12. The smallest absolute Gasteiger partial charge is 0.166 e. The third-order valence-electron chi connectivity index (χ3n) is 25.2. The average molecular weight is 1660 g/mol. The van der Waals surface area contributed by atoms with Crippen LogP contribution in [-0.4, -0.2) is 48.2 Å². The maximum absolute atomic E-state index is 10.5. The van der Waals surface area contributed by atoms with Gasteiger partial charge in [-0.15, -0.1) is 0 Å². The molecule has 0 spiro atoms. The summed E-state index contributed by atoms with van der Waals surface area (Å²) < 4.78 is 9.45. The van der Waals surface area contributed by atoms with Gasteiger partial charge in [-0.05, 0) is 166 Å². The van der Waals surface area contributed by atoms with Crippen LogP contribution in [0.4, 0.5) is 0 Å². The predicted octanol–water partition coefficient (Wildman–Crippen LogP) is 28.4. The molecule has 0 N–H and O–H groups in total. The molecule has 0 saturated heterocycles. The number of nitriles is 3. The van der Waals surface area contributed by atoms with Gasteiger partial charge in [0.1, 0.15) is 0 Å². The van der Waals surface area contributed by atoms with Crippen LogP contribution in [0.15, 0.2) is 419 Å². The molecule has 0 atom stereocenters. The van der Waals surface area contributed by atoms with E-state index in [4.69, 9.17) is 29.9 Å². The first kappa shape index (κ1) is 75.4. The molecule has 0 saturated carbocycles. The highest BCUT2D eigenvalue weighted by Gasteiger charge is 2.28. The molecule has 0 bridgehead atoms. The zero-order valence-corrected chi connectivity index (χ0v) is 69.7. The van der Waals surface area contributed by atoms with E-state index in [1.807, 2.05) is 109 Å². The van der Waals surface area contributed by atoms with Crippen molar-refractivity contribution in [3.8, 4) is 165 Å². The van der Waals surface area contributed by atoms with Gasteiger partial charge in [0.2, 0.25) is 0 Å². The second-order valence-corrected chi connectivity index (χ2v) is 32.6. The van der Waals surface area contributed by atoms with Crippen molar-refractivity contribution in [2.24, 2.45) is 0 Å². The summed E-state index contributed by atoms with van der Waals surface area (Å²) in [6.45, 7) is 0. The van der Waals surface area contributed by atoms with Crippen LogP contribution in [0.25, 0.3) is 234 Å². The zero-order valence-electron chi connectivity index (χ0n) is 69.7. The molecule has 13 heteroatoms. The maximum Gasteiger partial charge on any atom is 0.166 e. The van der Waals surface area contributed by atoms with E-state index < -0.39 is 0 Å². The number of hydrogen-bond acceptors (Lipinski definition) is 9. The van der Waals surface area contributed by atoms with E-state index in [0.29, 0.717) is 51.6 Å². The molecule has 0 radical (unpaired) electrons. The van der Waals surface area contributed by atoms with Gasteiger partial charge in [0, 0.05) is 87.6 Å². The Morgan fingerprint density at radius 2 is 0.485 bits per heavy atom. The first-order valence-corrected chi connectivity index (χ1v) is 43.1. The lowest BCUT2D eigenvalue weighted by molar-refractivity contribution is 1.06. The van der Waals surface area contributed by atoms with Crippen molar-refractivity contribution < 1.29 is 0 Å². The van der Waals surface area contributed by atoms with Crippen LogP contribution >= 0.6 is 0 Å². The summed E-state index contributed by atoms with van der Waals surface area (Å²) >= 11 is 0. The molecule has 6 heterocycles. The highest BCUT2D eigenvalue weighted by atomic mass is 15.1. The highest BCUT2D eigenvalue weighted by molar-refractivity contribution is 6.17. The fourth-order valence-electron chi connectivity index (χ4n) is 19.3. The van der Waals surface area contributed by atoms with Crippen LogP contribution in [0.5, 0.6) is 0 Å². The topological polar surface area (TPSA) is 168 Å². The molecule has 24 aromatic rings. The maximum atomic E-state index is 10.5. The molecular weight excluding hydrogens is 1590 g/mol. The molecule has 18 aromatic carbocycles. The lowest BCUT2D eigenvalue weighted by atomic mass is 9.97. The Hall–Kier alpha value is -18.4. The largest absolute Gasteiger partial charge is 0.309 e. The Morgan fingerprint density at radius 3 is 0.954 bits per heavy atom. The van der Waals surface area contributed by atoms with Gasteiger partial charge in [-0.3, -0.25) is 0 Å². The summed E-state index contributed by atoms with van der Waals surface area (Å²) in [5.74, 6) is 3.11. The molecule has 0 fully saturated rings. The number of nitrogens with zero attached hydrogens (tertiary/aromatic N) is 13. The fourth-order valence-corrected chi connectivity index (χ4v) is 19.3. The van der Waals surface area contributed by atoms with Gasteiger partial charge in [-0.2, -0.15) is 15.8 Å². The number of para-hydroxylation sites is 7. The summed E-state index contributed by atoms with van der Waals surface area (Å²) in [7, 11) is 0. The number of aromatic nitrogens is 10. The standard InChI is InChI=1S/C117H69N13/c118-70-73-47-50-75(51-48-73)81-56-61-106-95(66-81)92-35-14-21-43-103(92)128(106)108-64-59-84(69-97(108)116-123-112(77-25-4-1-5-26-77)121-113(124-116)78-27-6-2-7-28-78)88-32-11-18-40-100(88)130-105-45-23-16-37-94(105)111-89(38-24-46-110(111)130)76-52-54-80(55-53-76)115-122-114(79-29-8-3-9-30-79)125-117(126-115)98-68-83(87-31-10-17-39-99(87)127-101-41-19-12-33-90(101)91-34-13-20-42-102(91)127)58-63-109(98)129-104-44-22-15-36-93(104)96-67-82(57-62-107(96)129)86-60-49-74(71-119)65-85(86)72-120/h1-69H. The van der Waals surface area contributed by atoms with E-state index in [-0.39, 0.29) is 0 Å². The van der Waals surface area contributed by atoms with E-state index in [1.165, 1.54) is 10.8 Å². The zero-order chi connectivity index (χ0) is 86.4. The first-order chi connectivity index (χ1) is 64.3. The molecule has 0 unspecified atom stereocenters. The molecule has 24 rings (SSSR count). The van der Waals surface area contributed by atoms with Gasteiger partial charge < -0.3 is 18.3 Å². The second kappa shape index (κ2) is 31.2. The predicted molar refractivity (Wildman–Crippen MR) is 525 cm³/mol. The van der Waals surface area contributed by atoms with Crippen LogP contribution in [0, 0.1) is 34.0 Å². The van der Waals surface area contributed by atoms with Crippen LogP contribution in [0.2, 0.25) is 0 Å². The lowest BCUT2D eigenvalue weighted by Gasteiger charge is -2.18. The van der Waals surface area contributed by atoms with Crippen molar-refractivity contribution in [2.45, 2.75) is 0 Å². The minimum Gasteiger partial charge on any atom is -0.309 e. The van der Waals surface area contributed by atoms with Gasteiger partial charge >= 0.3 is 0 Å². The van der Waals surface area contributed by atoms with Crippen molar-refractivity contribution in [2.75, 3.05) is 0 Å². The van der Waals surface area contributed by atoms with Crippen molar-refractivity contribution in [3.63, 3.8) is 0 Å². The van der Waals surface area contributed by atoms with Gasteiger partial charge in [0.15, 0.2) is 34.9 Å². The highest BCUT2D eigenvalue weighted by Crippen LogP contribution is 2.48. The van der Waals surface area contributed by atoms with Gasteiger partial charge in [-0.1, -0.05) is 297 Å². The Bertz CT molecular complexity index is 8780. The molecule has 0 aliphatic heterocycles. The quantitative estimate of drug-likeness (QED) is 0.0970. The normalized spacial score (nSPS) is 11.5. The van der Waals surface area contributed by atoms with Crippen molar-refractivity contribution in [1.29, 1.82) is 15.8 Å².